The molecule has 3 aromatic rings. The summed E-state index contributed by atoms with van der Waals surface area (Å²) in [6, 6.07) is 17.7. The van der Waals surface area contributed by atoms with Crippen LogP contribution in [0.1, 0.15) is 32.8 Å². The van der Waals surface area contributed by atoms with Crippen molar-refractivity contribution in [3.8, 4) is 0 Å². The molecular weight excluding hydrogens is 465 g/mol. The number of anilines is 1. The van der Waals surface area contributed by atoms with Gasteiger partial charge in [0.1, 0.15) is 5.82 Å². The minimum Gasteiger partial charge on any atom is -0.383 e. The SMILES string of the molecule is COCCN1C(=O)c2ccccc2[C@@H](C(=O)N2CCN(c3ccccc3F)CC2)[C@H]1c1cccs1. The topological polar surface area (TPSA) is 53.1 Å². The molecule has 35 heavy (non-hydrogen) atoms. The fourth-order valence-corrected chi connectivity index (χ4v) is 6.02. The van der Waals surface area contributed by atoms with Gasteiger partial charge in [0.25, 0.3) is 5.91 Å². The van der Waals surface area contributed by atoms with Crippen molar-refractivity contribution in [2.45, 2.75) is 12.0 Å². The summed E-state index contributed by atoms with van der Waals surface area (Å²) < 4.78 is 19.6. The lowest BCUT2D eigenvalue weighted by molar-refractivity contribution is -0.135. The first-order valence-electron chi connectivity index (χ1n) is 11.8. The molecule has 1 aromatic heterocycles. The number of hydrogen-bond acceptors (Lipinski definition) is 5. The van der Waals surface area contributed by atoms with Crippen LogP contribution in [0.5, 0.6) is 0 Å². The molecule has 182 valence electrons. The van der Waals surface area contributed by atoms with Gasteiger partial charge in [-0.25, -0.2) is 4.39 Å². The lowest BCUT2D eigenvalue weighted by Crippen LogP contribution is -2.53. The Morgan fingerprint density at radius 2 is 1.77 bits per heavy atom. The Labute approximate surface area is 208 Å². The third-order valence-corrected chi connectivity index (χ3v) is 7.80. The number of carbonyl (C=O) groups is 2. The molecule has 8 heteroatoms. The van der Waals surface area contributed by atoms with Gasteiger partial charge < -0.3 is 19.4 Å². The number of thiophene rings is 1. The van der Waals surface area contributed by atoms with Crippen molar-refractivity contribution < 1.29 is 18.7 Å². The van der Waals surface area contributed by atoms with Crippen LogP contribution >= 0.6 is 11.3 Å². The van der Waals surface area contributed by atoms with Crippen molar-refractivity contribution in [2.75, 3.05) is 51.3 Å². The summed E-state index contributed by atoms with van der Waals surface area (Å²) in [6.07, 6.45) is 0. The first kappa shape index (κ1) is 23.5. The van der Waals surface area contributed by atoms with Gasteiger partial charge in [0.15, 0.2) is 0 Å². The summed E-state index contributed by atoms with van der Waals surface area (Å²) >= 11 is 1.56. The Morgan fingerprint density at radius 1 is 1.03 bits per heavy atom. The molecule has 5 rings (SSSR count). The summed E-state index contributed by atoms with van der Waals surface area (Å²) in [4.78, 5) is 34.3. The minimum absolute atomic E-state index is 0.000972. The summed E-state index contributed by atoms with van der Waals surface area (Å²) in [5, 5.41) is 1.98. The second kappa shape index (κ2) is 10.2. The van der Waals surface area contributed by atoms with Crippen LogP contribution in [0.4, 0.5) is 10.1 Å². The number of para-hydroxylation sites is 1. The zero-order valence-electron chi connectivity index (χ0n) is 19.6. The molecule has 2 aromatic carbocycles. The number of fused-ring (bicyclic) bond motifs is 1. The number of benzene rings is 2. The standard InChI is InChI=1S/C27H28FN3O3S/c1-34-17-16-31-25(23-11-6-18-35-23)24(19-7-2-3-8-20(19)26(31)32)27(33)30-14-12-29(13-15-30)22-10-5-4-9-21(22)28/h2-11,18,24-25H,12-17H2,1H3/t24-,25-/m1/s1. The Hall–Kier alpha value is -3.23. The van der Waals surface area contributed by atoms with Crippen molar-refractivity contribution in [3.05, 3.63) is 87.9 Å². The number of methoxy groups -OCH3 is 1. The molecule has 2 aliphatic rings. The van der Waals surface area contributed by atoms with E-state index in [9.17, 15) is 14.0 Å². The van der Waals surface area contributed by atoms with Gasteiger partial charge in [-0.15, -0.1) is 11.3 Å². The van der Waals surface area contributed by atoms with Gasteiger partial charge in [-0.05, 0) is 35.2 Å². The molecular formula is C27H28FN3O3S. The van der Waals surface area contributed by atoms with E-state index >= 15 is 0 Å². The predicted molar refractivity (Wildman–Crippen MR) is 134 cm³/mol. The van der Waals surface area contributed by atoms with Crippen molar-refractivity contribution in [1.29, 1.82) is 0 Å². The van der Waals surface area contributed by atoms with Crippen LogP contribution in [0.3, 0.4) is 0 Å². The molecule has 0 radical (unpaired) electrons. The summed E-state index contributed by atoms with van der Waals surface area (Å²) in [6.45, 7) is 2.88. The van der Waals surface area contributed by atoms with Gasteiger partial charge in [-0.3, -0.25) is 9.59 Å². The highest BCUT2D eigenvalue weighted by atomic mass is 32.1. The van der Waals surface area contributed by atoms with Crippen molar-refractivity contribution in [3.63, 3.8) is 0 Å². The quantitative estimate of drug-likeness (QED) is 0.518. The fourth-order valence-electron chi connectivity index (χ4n) is 5.14. The lowest BCUT2D eigenvalue weighted by Gasteiger charge is -2.44. The molecule has 3 heterocycles. The zero-order valence-corrected chi connectivity index (χ0v) is 20.4. The highest BCUT2D eigenvalue weighted by molar-refractivity contribution is 7.10. The highest BCUT2D eigenvalue weighted by Gasteiger charge is 2.46. The average molecular weight is 494 g/mol. The largest absolute Gasteiger partial charge is 0.383 e. The van der Waals surface area contributed by atoms with E-state index in [0.29, 0.717) is 50.6 Å². The number of hydrogen-bond donors (Lipinski definition) is 0. The van der Waals surface area contributed by atoms with Gasteiger partial charge in [0.2, 0.25) is 5.91 Å². The number of piperazine rings is 1. The van der Waals surface area contributed by atoms with Crippen LogP contribution in [-0.2, 0) is 9.53 Å². The monoisotopic (exact) mass is 493 g/mol. The van der Waals surface area contributed by atoms with Gasteiger partial charge in [0.05, 0.1) is 24.3 Å². The summed E-state index contributed by atoms with van der Waals surface area (Å²) in [7, 11) is 1.61. The van der Waals surface area contributed by atoms with Crippen molar-refractivity contribution >= 4 is 28.8 Å². The maximum absolute atomic E-state index is 14.3. The molecule has 0 aliphatic carbocycles. The molecule has 0 saturated carbocycles. The fraction of sp³-hybridized carbons (Fsp3) is 0.333. The number of amides is 2. The molecule has 1 saturated heterocycles. The summed E-state index contributed by atoms with van der Waals surface area (Å²) in [5.41, 5.74) is 1.90. The van der Waals surface area contributed by atoms with Crippen LogP contribution in [0.2, 0.25) is 0 Å². The van der Waals surface area contributed by atoms with Crippen LogP contribution in [0.15, 0.2) is 66.0 Å². The second-order valence-electron chi connectivity index (χ2n) is 8.78. The molecule has 0 spiro atoms. The molecule has 0 N–H and O–H groups in total. The third kappa shape index (κ3) is 4.44. The normalized spacial score (nSPS) is 20.2. The molecule has 0 unspecified atom stereocenters. The Balaban J connectivity index is 1.46. The molecule has 2 amide bonds. The van der Waals surface area contributed by atoms with Crippen LogP contribution in [-0.4, -0.2) is 68.1 Å². The van der Waals surface area contributed by atoms with Crippen molar-refractivity contribution in [2.24, 2.45) is 0 Å². The predicted octanol–water partition coefficient (Wildman–Crippen LogP) is 4.16. The Bertz CT molecular complexity index is 1190. The summed E-state index contributed by atoms with van der Waals surface area (Å²) in [5.74, 6) is -0.846. The van der Waals surface area contributed by atoms with Crippen LogP contribution < -0.4 is 4.90 Å². The molecule has 1 fully saturated rings. The molecule has 2 atom stereocenters. The first-order chi connectivity index (χ1) is 17.1. The molecule has 6 nitrogen and oxygen atoms in total. The van der Waals surface area contributed by atoms with Gasteiger partial charge >= 0.3 is 0 Å². The number of nitrogens with zero attached hydrogens (tertiary/aromatic N) is 3. The Kier molecular flexibility index (Phi) is 6.83. The van der Waals surface area contributed by atoms with Gasteiger partial charge in [-0.1, -0.05) is 36.4 Å². The van der Waals surface area contributed by atoms with E-state index in [0.717, 1.165) is 10.4 Å². The second-order valence-corrected chi connectivity index (χ2v) is 9.76. The number of halogens is 1. The minimum atomic E-state index is -0.514. The number of carbonyl (C=O) groups excluding carboxylic acids is 2. The van der Waals surface area contributed by atoms with E-state index < -0.39 is 12.0 Å². The van der Waals surface area contributed by atoms with Crippen LogP contribution in [0, 0.1) is 5.82 Å². The van der Waals surface area contributed by atoms with E-state index in [1.807, 2.05) is 51.6 Å². The lowest BCUT2D eigenvalue weighted by atomic mass is 9.81. The molecule has 0 bridgehead atoms. The number of ether oxygens (including phenoxy) is 1. The average Bonchev–Trinajstić information content (AvgIpc) is 3.43. The molecule has 2 aliphatic heterocycles. The first-order valence-corrected chi connectivity index (χ1v) is 12.7. The van der Waals surface area contributed by atoms with Crippen molar-refractivity contribution in [1.82, 2.24) is 9.80 Å². The number of rotatable bonds is 6. The van der Waals surface area contributed by atoms with E-state index in [1.165, 1.54) is 6.07 Å². The van der Waals surface area contributed by atoms with E-state index in [1.54, 1.807) is 41.5 Å². The maximum Gasteiger partial charge on any atom is 0.254 e. The van der Waals surface area contributed by atoms with Gasteiger partial charge in [0, 0.05) is 50.3 Å². The van der Waals surface area contributed by atoms with E-state index in [-0.39, 0.29) is 17.6 Å². The van der Waals surface area contributed by atoms with Gasteiger partial charge in [-0.2, -0.15) is 0 Å². The maximum atomic E-state index is 14.3. The highest BCUT2D eigenvalue weighted by Crippen LogP contribution is 2.45. The third-order valence-electron chi connectivity index (χ3n) is 6.86. The van der Waals surface area contributed by atoms with E-state index in [2.05, 4.69) is 0 Å². The zero-order chi connectivity index (χ0) is 24.4. The smallest absolute Gasteiger partial charge is 0.254 e. The van der Waals surface area contributed by atoms with E-state index in [4.69, 9.17) is 4.74 Å². The Morgan fingerprint density at radius 3 is 2.49 bits per heavy atom. The van der Waals surface area contributed by atoms with Crippen LogP contribution in [0.25, 0.3) is 0 Å².